The van der Waals surface area contributed by atoms with Crippen LogP contribution in [0.4, 0.5) is 0 Å². The highest BCUT2D eigenvalue weighted by atomic mass is 32.2. The molecule has 0 amide bonds. The van der Waals surface area contributed by atoms with Gasteiger partial charge in [0.15, 0.2) is 5.71 Å². The Bertz CT molecular complexity index is 576. The second kappa shape index (κ2) is 8.04. The first-order valence-electron chi connectivity index (χ1n) is 8.26. The maximum atomic E-state index is 10.7. The van der Waals surface area contributed by atoms with E-state index in [0.717, 1.165) is 45.4 Å². The van der Waals surface area contributed by atoms with Gasteiger partial charge in [-0.15, -0.1) is 0 Å². The van der Waals surface area contributed by atoms with Gasteiger partial charge >= 0.3 is 0 Å². The number of quaternary nitrogens is 1. The summed E-state index contributed by atoms with van der Waals surface area (Å²) in [5.74, 6) is -0.247. The molecule has 0 aliphatic carbocycles. The summed E-state index contributed by atoms with van der Waals surface area (Å²) in [5, 5.41) is 0. The predicted molar refractivity (Wildman–Crippen MR) is 86.2 cm³/mol. The first kappa shape index (κ1) is 17.4. The van der Waals surface area contributed by atoms with Crippen LogP contribution >= 0.6 is 0 Å². The lowest BCUT2D eigenvalue weighted by atomic mass is 10.2. The normalized spacial score (nSPS) is 25.0. The topological polar surface area (TPSA) is 64.7 Å². The Morgan fingerprint density at radius 1 is 1.32 bits per heavy atom. The highest BCUT2D eigenvalue weighted by molar-refractivity contribution is 7.85. The molecular formula is C16H27N2O3S+. The van der Waals surface area contributed by atoms with Crippen molar-refractivity contribution in [3.8, 4) is 0 Å². The lowest BCUT2D eigenvalue weighted by Crippen LogP contribution is -3.08. The lowest BCUT2D eigenvalue weighted by Gasteiger charge is -2.14. The molecule has 0 aromatic carbocycles. The number of nitrogens with one attached hydrogen (secondary N) is 1. The Hall–Kier alpha value is -0.980. The summed E-state index contributed by atoms with van der Waals surface area (Å²) in [6, 6.07) is 0. The molecule has 0 aromatic heterocycles. The molecule has 0 radical (unpaired) electrons. The molecule has 2 aliphatic heterocycles. The van der Waals surface area contributed by atoms with Crippen molar-refractivity contribution in [3.05, 3.63) is 23.9 Å². The fraction of sp³-hybridized carbons (Fsp3) is 0.688. The smallest absolute Gasteiger partial charge is 0.176 e. The first-order chi connectivity index (χ1) is 10.5. The van der Waals surface area contributed by atoms with Crippen LogP contribution in [0.5, 0.6) is 0 Å². The van der Waals surface area contributed by atoms with Crippen LogP contribution in [-0.4, -0.2) is 55.2 Å². The van der Waals surface area contributed by atoms with Gasteiger partial charge in [0.05, 0.1) is 23.2 Å². The van der Waals surface area contributed by atoms with Gasteiger partial charge in [-0.3, -0.25) is 0 Å². The second-order valence-electron chi connectivity index (χ2n) is 6.05. The van der Waals surface area contributed by atoms with Crippen molar-refractivity contribution in [1.82, 2.24) is 0 Å². The highest BCUT2D eigenvalue weighted by Gasteiger charge is 2.22. The third kappa shape index (κ3) is 5.34. The summed E-state index contributed by atoms with van der Waals surface area (Å²) in [4.78, 5) is 1.33. The molecule has 2 heterocycles. The summed E-state index contributed by atoms with van der Waals surface area (Å²) in [6.45, 7) is 6.19. The van der Waals surface area contributed by atoms with Crippen molar-refractivity contribution in [2.45, 2.75) is 39.0 Å². The number of likely N-dealkylation sites (tertiary alicyclic amines) is 1. The quantitative estimate of drug-likeness (QED) is 0.541. The minimum absolute atomic E-state index is 0.247. The number of hydrogen-bond acceptors (Lipinski definition) is 3. The largest absolute Gasteiger partial charge is 0.748 e. The Morgan fingerprint density at radius 2 is 2.14 bits per heavy atom. The lowest BCUT2D eigenvalue weighted by molar-refractivity contribution is -0.850. The van der Waals surface area contributed by atoms with Crippen molar-refractivity contribution in [3.63, 3.8) is 0 Å². The number of rotatable bonds is 7. The van der Waals surface area contributed by atoms with E-state index >= 15 is 0 Å². The summed E-state index contributed by atoms with van der Waals surface area (Å²) >= 11 is 0. The average molecular weight is 327 g/mol. The fourth-order valence-electron chi connectivity index (χ4n) is 3.36. The third-order valence-corrected chi connectivity index (χ3v) is 5.28. The Morgan fingerprint density at radius 3 is 2.86 bits per heavy atom. The molecule has 1 saturated heterocycles. The van der Waals surface area contributed by atoms with Gasteiger partial charge in [-0.25, -0.2) is 13.0 Å². The SMILES string of the molecule is CC[N+]1=C(C=CC=C2CCC[NH+]2CCCS(=O)(=O)[O-])CCC1. The number of allylic oxidation sites excluding steroid dienone is 4. The molecule has 124 valence electrons. The van der Waals surface area contributed by atoms with Crippen molar-refractivity contribution in [2.24, 2.45) is 0 Å². The van der Waals surface area contributed by atoms with Crippen molar-refractivity contribution in [1.29, 1.82) is 0 Å². The van der Waals surface area contributed by atoms with E-state index in [1.54, 1.807) is 0 Å². The maximum Gasteiger partial charge on any atom is 0.176 e. The van der Waals surface area contributed by atoms with E-state index < -0.39 is 10.1 Å². The van der Waals surface area contributed by atoms with E-state index in [9.17, 15) is 13.0 Å². The molecule has 22 heavy (non-hydrogen) atoms. The van der Waals surface area contributed by atoms with Crippen LogP contribution in [0.3, 0.4) is 0 Å². The van der Waals surface area contributed by atoms with E-state index in [1.807, 2.05) is 0 Å². The fourth-order valence-corrected chi connectivity index (χ4v) is 3.85. The van der Waals surface area contributed by atoms with Crippen LogP contribution in [-0.2, 0) is 10.1 Å². The summed E-state index contributed by atoms with van der Waals surface area (Å²) in [6.07, 6.45) is 11.6. The molecule has 2 rings (SSSR count). The second-order valence-corrected chi connectivity index (χ2v) is 7.57. The van der Waals surface area contributed by atoms with E-state index in [2.05, 4.69) is 29.7 Å². The molecule has 0 bridgehead atoms. The molecule has 1 unspecified atom stereocenters. The van der Waals surface area contributed by atoms with Gasteiger partial charge in [0.2, 0.25) is 0 Å². The Kier molecular flexibility index (Phi) is 6.35. The van der Waals surface area contributed by atoms with Gasteiger partial charge in [-0.1, -0.05) is 6.08 Å². The van der Waals surface area contributed by atoms with E-state index in [4.69, 9.17) is 0 Å². The van der Waals surface area contributed by atoms with Gasteiger partial charge in [0.1, 0.15) is 18.8 Å². The molecule has 0 aromatic rings. The molecule has 0 spiro atoms. The first-order valence-corrected chi connectivity index (χ1v) is 9.84. The minimum atomic E-state index is -4.08. The van der Waals surface area contributed by atoms with Crippen LogP contribution in [0.2, 0.25) is 0 Å². The van der Waals surface area contributed by atoms with E-state index in [0.29, 0.717) is 6.42 Å². The van der Waals surface area contributed by atoms with Crippen molar-refractivity contribution >= 4 is 15.8 Å². The van der Waals surface area contributed by atoms with Gasteiger partial charge in [0.25, 0.3) is 0 Å². The standard InChI is InChI=1S/C16H26N2O3S/c1-2-17-11-4-9-15(17)7-3-8-16-10-5-12-18(16)13-6-14-22(19,20)21/h3,7-8H,2,4-6,9-14H2,1H3/p+1. The Balaban J connectivity index is 1.89. The summed E-state index contributed by atoms with van der Waals surface area (Å²) in [7, 11) is -4.08. The summed E-state index contributed by atoms with van der Waals surface area (Å²) < 4.78 is 34.4. The predicted octanol–water partition coefficient (Wildman–Crippen LogP) is 0.308. The van der Waals surface area contributed by atoms with Crippen molar-refractivity contribution < 1.29 is 22.4 Å². The van der Waals surface area contributed by atoms with Crippen LogP contribution in [0.25, 0.3) is 0 Å². The van der Waals surface area contributed by atoms with Crippen LogP contribution < -0.4 is 4.90 Å². The molecule has 6 heteroatoms. The molecule has 1 N–H and O–H groups in total. The zero-order chi connectivity index (χ0) is 16.0. The maximum absolute atomic E-state index is 10.7. The molecule has 5 nitrogen and oxygen atoms in total. The Labute approximate surface area is 133 Å². The number of nitrogens with zero attached hydrogens (tertiary/aromatic N) is 1. The van der Waals surface area contributed by atoms with Gasteiger partial charge < -0.3 is 9.45 Å². The third-order valence-electron chi connectivity index (χ3n) is 4.49. The molecular weight excluding hydrogens is 300 g/mol. The average Bonchev–Trinajstić information content (AvgIpc) is 3.07. The van der Waals surface area contributed by atoms with Gasteiger partial charge in [-0.05, 0) is 13.0 Å². The van der Waals surface area contributed by atoms with Gasteiger partial charge in [-0.2, -0.15) is 0 Å². The van der Waals surface area contributed by atoms with Gasteiger partial charge in [0, 0.05) is 43.9 Å². The van der Waals surface area contributed by atoms with Crippen LogP contribution in [0.1, 0.15) is 39.0 Å². The van der Waals surface area contributed by atoms with Crippen molar-refractivity contribution in [2.75, 3.05) is 31.9 Å². The minimum Gasteiger partial charge on any atom is -0.748 e. The summed E-state index contributed by atoms with van der Waals surface area (Å²) in [5.41, 5.74) is 2.75. The molecule has 2 aliphatic rings. The monoisotopic (exact) mass is 327 g/mol. The highest BCUT2D eigenvalue weighted by Crippen LogP contribution is 2.07. The number of hydrogen-bond donors (Lipinski definition) is 1. The molecule has 1 fully saturated rings. The van der Waals surface area contributed by atoms with Crippen LogP contribution in [0, 0.1) is 0 Å². The van der Waals surface area contributed by atoms with Crippen LogP contribution in [0.15, 0.2) is 23.9 Å². The molecule has 0 saturated carbocycles. The zero-order valence-electron chi connectivity index (χ0n) is 13.4. The van der Waals surface area contributed by atoms with E-state index in [-0.39, 0.29) is 5.75 Å². The molecule has 1 atom stereocenters. The van der Waals surface area contributed by atoms with E-state index in [1.165, 1.54) is 22.7 Å². The zero-order valence-corrected chi connectivity index (χ0v) is 14.2.